The maximum Gasteiger partial charge on any atom is 0.434 e. The normalized spacial score (nSPS) is 10.2. The lowest BCUT2D eigenvalue weighted by Gasteiger charge is -2.11. The molecule has 50 heteroatoms. The number of rotatable bonds is 26. The van der Waals surface area contributed by atoms with E-state index in [-0.39, 0.29) is 25.2 Å². The fourth-order valence-electron chi connectivity index (χ4n) is 10.9. The summed E-state index contributed by atoms with van der Waals surface area (Å²) in [5, 5.41) is 56.8. The Morgan fingerprint density at radius 1 is 0.370 bits per heavy atom. The first-order valence-corrected chi connectivity index (χ1v) is 45.0. The average Bonchev–Trinajstić information content (AvgIpc) is 1.65. The van der Waals surface area contributed by atoms with E-state index in [9.17, 15) is 9.59 Å². The average molecular weight is 2060 g/mol. The molecule has 0 spiro atoms. The van der Waals surface area contributed by atoms with Gasteiger partial charge in [-0.15, -0.1) is 45.9 Å². The fourth-order valence-corrected chi connectivity index (χ4v) is 12.9. The summed E-state index contributed by atoms with van der Waals surface area (Å²) in [6, 6.07) is 67.4. The number of H-pyrrole nitrogens is 5. The summed E-state index contributed by atoms with van der Waals surface area (Å²) < 4.78 is 41.7. The number of nitrogens with zero attached hydrogens (tertiary/aromatic N) is 9. The van der Waals surface area contributed by atoms with Crippen LogP contribution in [0.3, 0.4) is 0 Å². The Kier molecular flexibility index (Phi) is 41.5. The van der Waals surface area contributed by atoms with Gasteiger partial charge < -0.3 is 73.3 Å². The second-order valence-corrected chi connectivity index (χ2v) is 32.7. The van der Waals surface area contributed by atoms with Gasteiger partial charge in [0.05, 0.1) is 59.9 Å². The van der Waals surface area contributed by atoms with Crippen molar-refractivity contribution in [3.05, 3.63) is 293 Å². The SMILES string of the molecule is CC(=S)Nc1ccc(-c2n[nH]c(=O)o2)cc1.CNC(=S)Cc1ccc(-c2nnc(CS)o2)cc1.COc1ccc(NNC(=S)Cc2ccc(-c3n[nH]c(=S)o3)cc2)cc1.NNC(=O)Nc1ccc(-c2n[nH]c(=S)o2)cc1.NNC(=S)Cc1ccc(-c2n[nH]c(=S)o2)cc1.NNC(=S)Cc1ccc(-c2nnc(CS)o2)cc1.S=C(Cc1ccc(-c2n[nH]c(=S)o2)cc1)NNc1ccc(Cl)cc1. The van der Waals surface area contributed by atoms with Gasteiger partial charge in [0.2, 0.25) is 53.0 Å². The Morgan fingerprint density at radius 2 is 0.659 bits per heavy atom. The molecular formula is C85H82ClN27O10S12. The number of urea groups is 1. The minimum atomic E-state index is -0.563. The molecule has 2 amide bonds. The molecule has 0 aliphatic rings. The molecule has 7 aromatic heterocycles. The maximum atomic E-state index is 10.9. The monoisotopic (exact) mass is 2060 g/mol. The Bertz CT molecular complexity index is 6640. The third kappa shape index (κ3) is 35.1. The highest BCUT2D eigenvalue weighted by atomic mass is 35.5. The number of likely N-dealkylation sites (N-methyl/N-ethyl adjacent to an activating group) is 1. The van der Waals surface area contributed by atoms with Crippen molar-refractivity contribution in [3.63, 3.8) is 0 Å². The van der Waals surface area contributed by atoms with E-state index in [2.05, 4.69) is 145 Å². The van der Waals surface area contributed by atoms with Crippen LogP contribution >= 0.6 is 159 Å². The lowest BCUT2D eigenvalue weighted by Crippen LogP contribution is -2.34. The first-order chi connectivity index (χ1) is 65.2. The molecule has 696 valence electrons. The number of methoxy groups -OCH3 is 1. The fraction of sp³-hybridized carbons (Fsp3) is 0.118. The molecule has 0 atom stereocenters. The van der Waals surface area contributed by atoms with Gasteiger partial charge >= 0.3 is 11.8 Å². The van der Waals surface area contributed by atoms with Crippen LogP contribution in [0.2, 0.25) is 5.02 Å². The number of hydrogen-bond acceptors (Lipinski definition) is 36. The third-order valence-corrected chi connectivity index (χ3v) is 20.4. The van der Waals surface area contributed by atoms with Crippen molar-refractivity contribution in [2.45, 2.75) is 50.5 Å². The number of halogens is 1. The number of anilines is 4. The molecule has 0 fully saturated rings. The highest BCUT2D eigenvalue weighted by molar-refractivity contribution is 7.81. The van der Waals surface area contributed by atoms with Crippen molar-refractivity contribution in [1.29, 1.82) is 0 Å². The van der Waals surface area contributed by atoms with Gasteiger partial charge in [0.15, 0.2) is 0 Å². The smallest absolute Gasteiger partial charge is 0.434 e. The molecule has 0 saturated heterocycles. The van der Waals surface area contributed by atoms with Crippen LogP contribution in [0.1, 0.15) is 46.5 Å². The molecule has 0 unspecified atom stereocenters. The van der Waals surface area contributed by atoms with Crippen molar-refractivity contribution in [2.75, 3.05) is 35.6 Å². The number of thiocarbonyl (C=S) groups is 6. The van der Waals surface area contributed by atoms with Crippen molar-refractivity contribution >= 4 is 218 Å². The highest BCUT2D eigenvalue weighted by Gasteiger charge is 2.15. The number of thiol groups is 2. The van der Waals surface area contributed by atoms with Gasteiger partial charge in [-0.05, 0) is 241 Å². The van der Waals surface area contributed by atoms with E-state index < -0.39 is 11.8 Å². The Labute approximate surface area is 837 Å². The van der Waals surface area contributed by atoms with Crippen LogP contribution in [-0.4, -0.2) is 122 Å². The Hall–Kier alpha value is -13.5. The first-order valence-electron chi connectivity index (χ1n) is 39.3. The number of hydrazine groups is 5. The summed E-state index contributed by atoms with van der Waals surface area (Å²) >= 11 is 64.0. The highest BCUT2D eigenvalue weighted by Crippen LogP contribution is 2.27. The number of aromatic nitrogens is 14. The van der Waals surface area contributed by atoms with Crippen LogP contribution < -0.4 is 82.0 Å². The summed E-state index contributed by atoms with van der Waals surface area (Å²) in [4.78, 5) is 26.8. The van der Waals surface area contributed by atoms with Crippen molar-refractivity contribution in [2.24, 2.45) is 17.5 Å². The topological polar surface area (TPSA) is 529 Å². The second kappa shape index (κ2) is 54.0. The van der Waals surface area contributed by atoms with Crippen LogP contribution in [0.5, 0.6) is 5.75 Å². The Morgan fingerprint density at radius 3 is 0.933 bits per heavy atom. The summed E-state index contributed by atoms with van der Waals surface area (Å²) in [7, 11) is 3.46. The number of ether oxygens (including phenoxy) is 1. The quantitative estimate of drug-likeness (QED) is 0.00787. The number of benzene rings is 9. The van der Waals surface area contributed by atoms with Crippen LogP contribution in [0.15, 0.2) is 254 Å². The molecule has 9 aromatic carbocycles. The zero-order valence-electron chi connectivity index (χ0n) is 70.9. The number of carbonyl (C=O) groups excluding carboxylic acids is 1. The van der Waals surface area contributed by atoms with Gasteiger partial charge in [-0.1, -0.05) is 146 Å². The molecule has 7 heterocycles. The largest absolute Gasteiger partial charge is 0.497 e. The molecule has 0 saturated carbocycles. The van der Waals surface area contributed by atoms with E-state index in [1.165, 1.54) is 0 Å². The minimum absolute atomic E-state index is 0.213. The number of carbonyl (C=O) groups is 1. The van der Waals surface area contributed by atoms with Crippen molar-refractivity contribution < 1.29 is 40.5 Å². The lowest BCUT2D eigenvalue weighted by atomic mass is 10.1. The maximum absolute atomic E-state index is 10.9. The summed E-state index contributed by atoms with van der Waals surface area (Å²) in [5.41, 5.74) is 33.5. The van der Waals surface area contributed by atoms with Crippen LogP contribution in [0.25, 0.3) is 80.2 Å². The molecule has 135 heavy (non-hydrogen) atoms. The molecule has 0 bridgehead atoms. The predicted molar refractivity (Wildman–Crippen MR) is 557 cm³/mol. The molecule has 0 aliphatic carbocycles. The zero-order valence-corrected chi connectivity index (χ0v) is 81.6. The van der Waals surface area contributed by atoms with E-state index in [4.69, 9.17) is 187 Å². The minimum Gasteiger partial charge on any atom is -0.497 e. The molecule has 16 rings (SSSR count). The van der Waals surface area contributed by atoms with Gasteiger partial charge in [0.1, 0.15) is 5.75 Å². The summed E-state index contributed by atoms with van der Waals surface area (Å²) in [6.45, 7) is 1.80. The second-order valence-electron chi connectivity index (χ2n) is 27.1. The van der Waals surface area contributed by atoms with Crippen LogP contribution in [0.4, 0.5) is 27.5 Å². The lowest BCUT2D eigenvalue weighted by molar-refractivity contribution is 0.252. The van der Waals surface area contributed by atoms with E-state index in [0.29, 0.717) is 120 Å². The van der Waals surface area contributed by atoms with Crippen LogP contribution in [-0.2, 0) is 43.6 Å². The van der Waals surface area contributed by atoms with Gasteiger partial charge in [-0.2, -0.15) is 25.3 Å². The van der Waals surface area contributed by atoms with Crippen molar-refractivity contribution in [3.8, 4) is 85.9 Å². The zero-order chi connectivity index (χ0) is 96.5. The van der Waals surface area contributed by atoms with Gasteiger partial charge in [-0.3, -0.25) is 28.0 Å². The first kappa shape index (κ1) is 104. The molecular weight excluding hydrogens is 1980 g/mol. The van der Waals surface area contributed by atoms with E-state index >= 15 is 0 Å². The van der Waals surface area contributed by atoms with E-state index in [1.54, 1.807) is 50.4 Å². The van der Waals surface area contributed by atoms with Gasteiger partial charge in [0.25, 0.3) is 19.3 Å². The number of amides is 2. The van der Waals surface area contributed by atoms with Gasteiger partial charge in [-0.25, -0.2) is 40.9 Å². The number of nitrogens with one attached hydrogen (secondary N) is 15. The van der Waals surface area contributed by atoms with E-state index in [0.717, 1.165) is 101 Å². The Balaban J connectivity index is 0.000000164. The number of nitrogens with two attached hydrogens (primary N) is 3. The third-order valence-electron chi connectivity index (χ3n) is 17.4. The number of aromatic amines is 5. The van der Waals surface area contributed by atoms with E-state index in [1.807, 2.05) is 194 Å². The summed E-state index contributed by atoms with van der Waals surface area (Å²) in [6.07, 6.45) is 3.18. The van der Waals surface area contributed by atoms with Crippen LogP contribution in [0, 0.1) is 19.3 Å². The molecule has 0 aliphatic heterocycles. The standard InChI is InChI=1S/C17H16N4O2S2.C16H13ClN4OS2.C12H13N3OS2.C11H12N4OS2.C10H10N4OS2.C10H9N3O2S.C9H9N5O2S/c1-22-14-8-6-13(7-9-14)18-19-15(24)10-11-2-4-12(5-3-11)16-20-21-17(25)23-16;17-12-5-7-13(8-6-12)18-19-14(23)9-10-1-3-11(4-2-10)15-20-21-16(24)22-15;1-13-11(18)6-8-2-4-9(5-3-8)12-15-14-10(7-17)16-12;12-13-10(18)5-7-1-3-8(4-2-7)11-15-14-9(6-17)16-11;11-12-8(16)5-6-1-3-7(4-2-6)9-13-14-10(17)15-9;1-6(16)11-8-4-2-7(3-5-8)9-12-13-10(14)15-9;10-12-8(15)11-6-3-1-5(2-4-6)7-13-14-9(17)16-7/h2-9,18H,10H2,1H3,(H,19,24)(H,21,25);1-8,18H,9H2,(H,19,23)(H,21,24);2-5,17H,6-7H2,1H3,(H,13,18);1-4,17H,5-6,12H2,(H,13,18);1-4H,5,11H2,(H,12,16)(H,14,17);2-5H,1H3,(H,11,16)(H,13,14);1-4H,10H2,(H,14,17)(H2,11,12,15). The molecule has 21 N–H and O–H groups in total. The predicted octanol–water partition coefficient (Wildman–Crippen LogP) is 17.1. The van der Waals surface area contributed by atoms with Crippen molar-refractivity contribution in [1.82, 2.24) is 104 Å². The van der Waals surface area contributed by atoms with Gasteiger partial charge in [0, 0.05) is 94.5 Å². The molecule has 0 radical (unpaired) electrons. The summed E-state index contributed by atoms with van der Waals surface area (Å²) in [5.74, 6) is 20.6. The molecule has 37 nitrogen and oxygen atoms in total. The number of hydrogen-bond donors (Lipinski definition) is 20. The molecule has 16 aromatic rings.